The van der Waals surface area contributed by atoms with Crippen LogP contribution in [0, 0.1) is 17.0 Å². The molecule has 6 heteroatoms. The van der Waals surface area contributed by atoms with Crippen molar-refractivity contribution in [1.82, 2.24) is 5.32 Å². The van der Waals surface area contributed by atoms with Crippen molar-refractivity contribution in [2.75, 3.05) is 0 Å². The second kappa shape index (κ2) is 6.98. The van der Waals surface area contributed by atoms with Gasteiger partial charge in [0.05, 0.1) is 16.5 Å². The molecule has 1 atom stereocenters. The summed E-state index contributed by atoms with van der Waals surface area (Å²) >= 11 is 1.56. The lowest BCUT2D eigenvalue weighted by atomic mass is 10.1. The average Bonchev–Trinajstić information content (AvgIpc) is 3.21. The van der Waals surface area contributed by atoms with Gasteiger partial charge in [0.15, 0.2) is 0 Å². The second-order valence-electron chi connectivity index (χ2n) is 5.59. The first-order chi connectivity index (χ1) is 11.5. The summed E-state index contributed by atoms with van der Waals surface area (Å²) in [5, 5.41) is 14.6. The Kier molecular flexibility index (Phi) is 4.78. The van der Waals surface area contributed by atoms with Gasteiger partial charge >= 0.3 is 0 Å². The lowest BCUT2D eigenvalue weighted by Gasteiger charge is -2.10. The van der Waals surface area contributed by atoms with Crippen molar-refractivity contribution in [3.05, 3.63) is 75.0 Å². The molecule has 0 radical (unpaired) electrons. The minimum Gasteiger partial charge on any atom is -0.465 e. The molecule has 1 unspecified atom stereocenters. The predicted octanol–water partition coefficient (Wildman–Crippen LogP) is 5.08. The van der Waals surface area contributed by atoms with Gasteiger partial charge in [-0.2, -0.15) is 0 Å². The fourth-order valence-electron chi connectivity index (χ4n) is 2.50. The molecule has 0 amide bonds. The van der Waals surface area contributed by atoms with Crippen molar-refractivity contribution < 1.29 is 9.34 Å². The third kappa shape index (κ3) is 3.55. The standard InChI is InChI=1S/C18H18N2O3S/c1-12-7-9-17(23-12)13(2)19-11-14-8-10-18(24-14)15-5-3-4-6-16(15)20(21)22/h3-10,13,19H,11H2,1-2H3. The van der Waals surface area contributed by atoms with Crippen LogP contribution in [0.15, 0.2) is 52.9 Å². The molecular weight excluding hydrogens is 324 g/mol. The molecule has 0 bridgehead atoms. The Labute approximate surface area is 144 Å². The number of nitro groups is 1. The molecule has 0 aliphatic rings. The molecule has 1 N–H and O–H groups in total. The quantitative estimate of drug-likeness (QED) is 0.501. The zero-order valence-corrected chi connectivity index (χ0v) is 14.3. The third-order valence-electron chi connectivity index (χ3n) is 3.80. The van der Waals surface area contributed by atoms with E-state index in [4.69, 9.17) is 4.42 Å². The number of thiophene rings is 1. The Balaban J connectivity index is 1.71. The van der Waals surface area contributed by atoms with Gasteiger partial charge in [-0.1, -0.05) is 12.1 Å². The van der Waals surface area contributed by atoms with Crippen molar-refractivity contribution in [2.45, 2.75) is 26.4 Å². The summed E-state index contributed by atoms with van der Waals surface area (Å²) in [6.45, 7) is 4.66. The number of nitrogens with zero attached hydrogens (tertiary/aromatic N) is 1. The van der Waals surface area contributed by atoms with Crippen molar-refractivity contribution in [3.8, 4) is 10.4 Å². The van der Waals surface area contributed by atoms with E-state index in [1.165, 1.54) is 6.07 Å². The molecule has 1 aromatic carbocycles. The van der Waals surface area contributed by atoms with E-state index in [0.29, 0.717) is 12.1 Å². The summed E-state index contributed by atoms with van der Waals surface area (Å²) in [6, 6.07) is 14.8. The fourth-order valence-corrected chi connectivity index (χ4v) is 3.49. The van der Waals surface area contributed by atoms with Gasteiger partial charge in [0.2, 0.25) is 0 Å². The SMILES string of the molecule is Cc1ccc(C(C)NCc2ccc(-c3ccccc3[N+](=O)[O-])s2)o1. The predicted molar refractivity (Wildman–Crippen MR) is 95.1 cm³/mol. The Morgan fingerprint density at radius 2 is 2.00 bits per heavy atom. The van der Waals surface area contributed by atoms with Gasteiger partial charge < -0.3 is 9.73 Å². The summed E-state index contributed by atoms with van der Waals surface area (Å²) in [4.78, 5) is 12.9. The van der Waals surface area contributed by atoms with Crippen LogP contribution in [0.3, 0.4) is 0 Å². The number of hydrogen-bond acceptors (Lipinski definition) is 5. The highest BCUT2D eigenvalue weighted by Gasteiger charge is 2.16. The van der Waals surface area contributed by atoms with E-state index < -0.39 is 0 Å². The van der Waals surface area contributed by atoms with Crippen LogP contribution in [-0.2, 0) is 6.54 Å². The summed E-state index contributed by atoms with van der Waals surface area (Å²) in [7, 11) is 0. The molecule has 5 nitrogen and oxygen atoms in total. The largest absolute Gasteiger partial charge is 0.465 e. The molecule has 124 valence electrons. The number of rotatable bonds is 6. The summed E-state index contributed by atoms with van der Waals surface area (Å²) in [5.41, 5.74) is 0.798. The van der Waals surface area contributed by atoms with Crippen molar-refractivity contribution in [1.29, 1.82) is 0 Å². The van der Waals surface area contributed by atoms with Crippen molar-refractivity contribution in [3.63, 3.8) is 0 Å². The Morgan fingerprint density at radius 1 is 1.21 bits per heavy atom. The van der Waals surface area contributed by atoms with Crippen LogP contribution in [0.25, 0.3) is 10.4 Å². The summed E-state index contributed by atoms with van der Waals surface area (Å²) in [5.74, 6) is 1.80. The van der Waals surface area contributed by atoms with E-state index >= 15 is 0 Å². The molecule has 0 saturated carbocycles. The zero-order valence-electron chi connectivity index (χ0n) is 13.5. The minimum absolute atomic E-state index is 0.107. The fraction of sp³-hybridized carbons (Fsp3) is 0.222. The van der Waals surface area contributed by atoms with E-state index in [2.05, 4.69) is 12.2 Å². The number of hydrogen-bond donors (Lipinski definition) is 1. The minimum atomic E-state index is -0.339. The van der Waals surface area contributed by atoms with Crippen LogP contribution in [0.1, 0.15) is 29.4 Å². The summed E-state index contributed by atoms with van der Waals surface area (Å²) < 4.78 is 5.62. The van der Waals surface area contributed by atoms with Gasteiger partial charge in [-0.25, -0.2) is 0 Å². The maximum Gasteiger partial charge on any atom is 0.278 e. The van der Waals surface area contributed by atoms with Gasteiger partial charge in [-0.05, 0) is 44.2 Å². The van der Waals surface area contributed by atoms with Crippen LogP contribution >= 0.6 is 11.3 Å². The molecule has 0 saturated heterocycles. The normalized spacial score (nSPS) is 12.2. The third-order valence-corrected chi connectivity index (χ3v) is 4.92. The van der Waals surface area contributed by atoms with Crippen molar-refractivity contribution in [2.24, 2.45) is 0 Å². The highest BCUT2D eigenvalue weighted by Crippen LogP contribution is 2.34. The highest BCUT2D eigenvalue weighted by molar-refractivity contribution is 7.15. The maximum atomic E-state index is 11.2. The lowest BCUT2D eigenvalue weighted by Crippen LogP contribution is -2.16. The van der Waals surface area contributed by atoms with Crippen molar-refractivity contribution >= 4 is 17.0 Å². The van der Waals surface area contributed by atoms with E-state index in [1.54, 1.807) is 23.5 Å². The van der Waals surface area contributed by atoms with E-state index in [-0.39, 0.29) is 16.7 Å². The Bertz CT molecular complexity index is 853. The van der Waals surface area contributed by atoms with E-state index in [0.717, 1.165) is 21.3 Å². The van der Waals surface area contributed by atoms with Crippen LogP contribution < -0.4 is 5.32 Å². The first kappa shape index (κ1) is 16.4. The number of para-hydroxylation sites is 1. The zero-order chi connectivity index (χ0) is 17.1. The number of furan rings is 1. The van der Waals surface area contributed by atoms with Gasteiger partial charge in [0, 0.05) is 22.4 Å². The summed E-state index contributed by atoms with van der Waals surface area (Å²) in [6.07, 6.45) is 0. The molecule has 0 spiro atoms. The second-order valence-corrected chi connectivity index (χ2v) is 6.76. The smallest absolute Gasteiger partial charge is 0.278 e. The average molecular weight is 342 g/mol. The number of nitro benzene ring substituents is 1. The number of benzene rings is 1. The van der Waals surface area contributed by atoms with Crippen LogP contribution in [0.5, 0.6) is 0 Å². The van der Waals surface area contributed by atoms with E-state index in [9.17, 15) is 10.1 Å². The molecule has 24 heavy (non-hydrogen) atoms. The molecule has 0 fully saturated rings. The molecule has 0 aliphatic carbocycles. The molecular formula is C18H18N2O3S. The number of nitrogens with one attached hydrogen (secondary N) is 1. The Morgan fingerprint density at radius 3 is 2.71 bits per heavy atom. The maximum absolute atomic E-state index is 11.2. The topological polar surface area (TPSA) is 68.3 Å². The first-order valence-corrected chi connectivity index (χ1v) is 8.48. The molecule has 3 rings (SSSR count). The Hall–Kier alpha value is -2.44. The monoisotopic (exact) mass is 342 g/mol. The van der Waals surface area contributed by atoms with Crippen LogP contribution in [-0.4, -0.2) is 4.92 Å². The lowest BCUT2D eigenvalue weighted by molar-refractivity contribution is -0.384. The molecule has 3 aromatic rings. The number of aryl methyl sites for hydroxylation is 1. The van der Waals surface area contributed by atoms with Gasteiger partial charge in [-0.3, -0.25) is 10.1 Å². The van der Waals surface area contributed by atoms with Gasteiger partial charge in [0.25, 0.3) is 5.69 Å². The molecule has 2 heterocycles. The van der Waals surface area contributed by atoms with Gasteiger partial charge in [-0.15, -0.1) is 11.3 Å². The van der Waals surface area contributed by atoms with E-state index in [1.807, 2.05) is 37.3 Å². The highest BCUT2D eigenvalue weighted by atomic mass is 32.1. The van der Waals surface area contributed by atoms with Crippen LogP contribution in [0.4, 0.5) is 5.69 Å². The first-order valence-electron chi connectivity index (χ1n) is 7.67. The van der Waals surface area contributed by atoms with Crippen LogP contribution in [0.2, 0.25) is 0 Å². The van der Waals surface area contributed by atoms with Gasteiger partial charge in [0.1, 0.15) is 11.5 Å². The molecule has 0 aliphatic heterocycles. The molecule has 2 aromatic heterocycles.